The van der Waals surface area contributed by atoms with Gasteiger partial charge in [0.25, 0.3) is 0 Å². The number of sulfone groups is 1. The summed E-state index contributed by atoms with van der Waals surface area (Å²) in [5, 5.41) is 3.07. The summed E-state index contributed by atoms with van der Waals surface area (Å²) in [5.41, 5.74) is 0.782. The summed E-state index contributed by atoms with van der Waals surface area (Å²) in [6, 6.07) is 3.42. The molecule has 17 heavy (non-hydrogen) atoms. The van der Waals surface area contributed by atoms with Gasteiger partial charge in [0.2, 0.25) is 5.88 Å². The molecule has 0 saturated heterocycles. The zero-order chi connectivity index (χ0) is 12.9. The molecule has 0 aliphatic heterocycles. The van der Waals surface area contributed by atoms with E-state index < -0.39 is 9.84 Å². The highest BCUT2D eigenvalue weighted by Crippen LogP contribution is 2.12. The minimum absolute atomic E-state index is 0.0974. The summed E-state index contributed by atoms with van der Waals surface area (Å²) < 4.78 is 27.4. The standard InChI is InChI=1S/C11H18N2O3S/c1-4-16-11-6-5-10(7-12-11)13-9(2)8-17(3,14)15/h5-7,9,13H,4,8H2,1-3H3. The van der Waals surface area contributed by atoms with Crippen LogP contribution in [0.1, 0.15) is 13.8 Å². The van der Waals surface area contributed by atoms with Crippen LogP contribution in [-0.2, 0) is 9.84 Å². The summed E-state index contributed by atoms with van der Waals surface area (Å²) in [5.74, 6) is 0.661. The van der Waals surface area contributed by atoms with Gasteiger partial charge in [-0.25, -0.2) is 13.4 Å². The van der Waals surface area contributed by atoms with Gasteiger partial charge in [0.15, 0.2) is 0 Å². The van der Waals surface area contributed by atoms with Crippen LogP contribution in [0.2, 0.25) is 0 Å². The summed E-state index contributed by atoms with van der Waals surface area (Å²) >= 11 is 0. The van der Waals surface area contributed by atoms with E-state index in [0.29, 0.717) is 12.5 Å². The molecule has 0 aromatic carbocycles. The van der Waals surface area contributed by atoms with Crippen molar-refractivity contribution < 1.29 is 13.2 Å². The number of pyridine rings is 1. The van der Waals surface area contributed by atoms with Crippen molar-refractivity contribution in [3.05, 3.63) is 18.3 Å². The number of hydrogen-bond donors (Lipinski definition) is 1. The van der Waals surface area contributed by atoms with Crippen molar-refractivity contribution in [2.24, 2.45) is 0 Å². The summed E-state index contributed by atoms with van der Waals surface area (Å²) in [7, 11) is -2.97. The number of hydrogen-bond acceptors (Lipinski definition) is 5. The Labute approximate surface area is 102 Å². The molecule has 0 bridgehead atoms. The molecule has 1 heterocycles. The molecule has 0 saturated carbocycles. The maximum Gasteiger partial charge on any atom is 0.213 e. The fraction of sp³-hybridized carbons (Fsp3) is 0.545. The Morgan fingerprint density at radius 3 is 2.65 bits per heavy atom. The van der Waals surface area contributed by atoms with Crippen LogP contribution in [-0.4, -0.2) is 38.1 Å². The summed E-state index contributed by atoms with van der Waals surface area (Å²) in [6.45, 7) is 4.28. The average Bonchev–Trinajstić information content (AvgIpc) is 2.18. The summed E-state index contributed by atoms with van der Waals surface area (Å²) in [6.07, 6.45) is 2.85. The Balaban J connectivity index is 2.57. The maximum atomic E-state index is 11.1. The molecule has 0 aliphatic rings. The Hall–Kier alpha value is -1.30. The van der Waals surface area contributed by atoms with Gasteiger partial charge >= 0.3 is 0 Å². The fourth-order valence-electron chi connectivity index (χ4n) is 1.48. The average molecular weight is 258 g/mol. The third-order valence-corrected chi connectivity index (χ3v) is 3.10. The summed E-state index contributed by atoms with van der Waals surface area (Å²) in [4.78, 5) is 4.08. The Kier molecular flexibility index (Phi) is 4.74. The molecule has 1 aromatic heterocycles. The third kappa shape index (κ3) is 5.53. The van der Waals surface area contributed by atoms with Crippen LogP contribution in [0.4, 0.5) is 5.69 Å². The van der Waals surface area contributed by atoms with E-state index in [-0.39, 0.29) is 11.8 Å². The van der Waals surface area contributed by atoms with Crippen LogP contribution in [0.25, 0.3) is 0 Å². The molecule has 1 aromatic rings. The zero-order valence-electron chi connectivity index (χ0n) is 10.3. The number of aromatic nitrogens is 1. The Morgan fingerprint density at radius 1 is 1.47 bits per heavy atom. The predicted octanol–water partition coefficient (Wildman–Crippen LogP) is 1.33. The van der Waals surface area contributed by atoms with Crippen molar-refractivity contribution >= 4 is 15.5 Å². The Morgan fingerprint density at radius 2 is 2.18 bits per heavy atom. The second-order valence-electron chi connectivity index (χ2n) is 3.96. The maximum absolute atomic E-state index is 11.1. The van der Waals surface area contributed by atoms with E-state index in [1.807, 2.05) is 19.9 Å². The molecular weight excluding hydrogens is 240 g/mol. The first-order chi connectivity index (χ1) is 7.90. The van der Waals surface area contributed by atoms with Crippen molar-refractivity contribution in [1.29, 1.82) is 0 Å². The van der Waals surface area contributed by atoms with Gasteiger partial charge < -0.3 is 10.1 Å². The van der Waals surface area contributed by atoms with Crippen LogP contribution in [0.5, 0.6) is 5.88 Å². The van der Waals surface area contributed by atoms with E-state index in [9.17, 15) is 8.42 Å². The molecule has 0 amide bonds. The lowest BCUT2D eigenvalue weighted by atomic mass is 10.3. The second-order valence-corrected chi connectivity index (χ2v) is 6.14. The molecular formula is C11H18N2O3S. The normalized spacial score (nSPS) is 13.1. The molecule has 1 unspecified atom stereocenters. The van der Waals surface area contributed by atoms with Gasteiger partial charge in [-0.3, -0.25) is 0 Å². The molecule has 96 valence electrons. The van der Waals surface area contributed by atoms with Crippen LogP contribution < -0.4 is 10.1 Å². The Bertz CT molecular complexity index is 442. The van der Waals surface area contributed by atoms with E-state index in [2.05, 4.69) is 10.3 Å². The molecule has 0 radical (unpaired) electrons. The van der Waals surface area contributed by atoms with Crippen LogP contribution >= 0.6 is 0 Å². The van der Waals surface area contributed by atoms with Gasteiger partial charge in [-0.2, -0.15) is 0 Å². The van der Waals surface area contributed by atoms with E-state index >= 15 is 0 Å². The quantitative estimate of drug-likeness (QED) is 0.833. The number of rotatable bonds is 6. The first-order valence-corrected chi connectivity index (χ1v) is 7.50. The van der Waals surface area contributed by atoms with E-state index in [0.717, 1.165) is 5.69 Å². The number of nitrogens with zero attached hydrogens (tertiary/aromatic N) is 1. The van der Waals surface area contributed by atoms with Crippen LogP contribution in [0, 0.1) is 0 Å². The molecule has 1 N–H and O–H groups in total. The smallest absolute Gasteiger partial charge is 0.213 e. The van der Waals surface area contributed by atoms with Crippen molar-refractivity contribution in [2.45, 2.75) is 19.9 Å². The molecule has 6 heteroatoms. The SMILES string of the molecule is CCOc1ccc(NC(C)CS(C)(=O)=O)cn1. The molecule has 5 nitrogen and oxygen atoms in total. The molecule has 0 spiro atoms. The molecule has 1 rings (SSSR count). The minimum Gasteiger partial charge on any atom is -0.478 e. The van der Waals surface area contributed by atoms with Crippen LogP contribution in [0.15, 0.2) is 18.3 Å². The topological polar surface area (TPSA) is 68.3 Å². The monoisotopic (exact) mass is 258 g/mol. The number of nitrogens with one attached hydrogen (secondary N) is 1. The van der Waals surface area contributed by atoms with Gasteiger partial charge in [-0.15, -0.1) is 0 Å². The van der Waals surface area contributed by atoms with Gasteiger partial charge in [0.1, 0.15) is 9.84 Å². The highest BCUT2D eigenvalue weighted by molar-refractivity contribution is 7.90. The first kappa shape index (κ1) is 13.8. The van der Waals surface area contributed by atoms with Crippen molar-refractivity contribution in [2.75, 3.05) is 23.9 Å². The number of ether oxygens (including phenoxy) is 1. The van der Waals surface area contributed by atoms with E-state index in [1.54, 1.807) is 12.3 Å². The number of anilines is 1. The van der Waals surface area contributed by atoms with Gasteiger partial charge in [0.05, 0.1) is 24.2 Å². The fourth-order valence-corrected chi connectivity index (χ4v) is 2.47. The lowest BCUT2D eigenvalue weighted by Gasteiger charge is -2.14. The van der Waals surface area contributed by atoms with Crippen molar-refractivity contribution in [3.63, 3.8) is 0 Å². The predicted molar refractivity (Wildman–Crippen MR) is 68.2 cm³/mol. The van der Waals surface area contributed by atoms with Crippen LogP contribution in [0.3, 0.4) is 0 Å². The van der Waals surface area contributed by atoms with Gasteiger partial charge in [0, 0.05) is 18.4 Å². The highest BCUT2D eigenvalue weighted by Gasteiger charge is 2.10. The minimum atomic E-state index is -2.97. The van der Waals surface area contributed by atoms with E-state index in [4.69, 9.17) is 4.74 Å². The molecule has 0 aliphatic carbocycles. The molecule has 1 atom stereocenters. The van der Waals surface area contributed by atoms with Crippen molar-refractivity contribution in [1.82, 2.24) is 4.98 Å². The molecule has 0 fully saturated rings. The lowest BCUT2D eigenvalue weighted by molar-refractivity contribution is 0.327. The van der Waals surface area contributed by atoms with E-state index in [1.165, 1.54) is 6.26 Å². The van der Waals surface area contributed by atoms with Crippen molar-refractivity contribution in [3.8, 4) is 5.88 Å². The zero-order valence-corrected chi connectivity index (χ0v) is 11.1. The van der Waals surface area contributed by atoms with Gasteiger partial charge in [-0.1, -0.05) is 0 Å². The first-order valence-electron chi connectivity index (χ1n) is 5.44. The second kappa shape index (κ2) is 5.86. The largest absolute Gasteiger partial charge is 0.478 e. The highest BCUT2D eigenvalue weighted by atomic mass is 32.2. The third-order valence-electron chi connectivity index (χ3n) is 1.99. The lowest BCUT2D eigenvalue weighted by Crippen LogP contribution is -2.25. The van der Waals surface area contributed by atoms with Gasteiger partial charge in [-0.05, 0) is 19.9 Å².